The van der Waals surface area contributed by atoms with Crippen LogP contribution in [0.3, 0.4) is 0 Å². The molecule has 2 nitrogen and oxygen atoms in total. The smallest absolute Gasteiger partial charge is 0.306 e. The van der Waals surface area contributed by atoms with E-state index in [0.29, 0.717) is 24.2 Å². The Morgan fingerprint density at radius 3 is 2.48 bits per heavy atom. The number of unbranched alkanes of at least 4 members (excludes halogenated alkanes) is 2. The molecule has 0 heterocycles. The summed E-state index contributed by atoms with van der Waals surface area (Å²) in [6.45, 7) is 10.2. The molecule has 2 rings (SSSR count). The highest BCUT2D eigenvalue weighted by atomic mass is 19.1. The van der Waals surface area contributed by atoms with E-state index >= 15 is 0 Å². The van der Waals surface area contributed by atoms with Crippen molar-refractivity contribution in [2.45, 2.75) is 103 Å². The van der Waals surface area contributed by atoms with Crippen LogP contribution in [-0.4, -0.2) is 11.6 Å². The third kappa shape index (κ3) is 6.93. The van der Waals surface area contributed by atoms with Crippen LogP contribution < -0.4 is 0 Å². The van der Waals surface area contributed by atoms with Crippen molar-refractivity contribution in [1.82, 2.24) is 0 Å². The van der Waals surface area contributed by atoms with Crippen LogP contribution in [0.2, 0.25) is 0 Å². The summed E-state index contributed by atoms with van der Waals surface area (Å²) in [6.07, 6.45) is 8.17. The van der Waals surface area contributed by atoms with Gasteiger partial charge in [-0.2, -0.15) is 0 Å². The molecule has 3 heteroatoms. The number of halogens is 1. The van der Waals surface area contributed by atoms with Gasteiger partial charge in [0.15, 0.2) is 0 Å². The van der Waals surface area contributed by atoms with Crippen molar-refractivity contribution in [3.63, 3.8) is 0 Å². The fourth-order valence-electron chi connectivity index (χ4n) is 3.76. The Bertz CT molecular complexity index is 613. The summed E-state index contributed by atoms with van der Waals surface area (Å²) in [7, 11) is 0. The van der Waals surface area contributed by atoms with Crippen molar-refractivity contribution in [3.8, 4) is 0 Å². The minimum atomic E-state index is -0.394. The van der Waals surface area contributed by atoms with E-state index in [2.05, 4.69) is 19.9 Å². The number of esters is 1. The molecule has 2 unspecified atom stereocenters. The van der Waals surface area contributed by atoms with Crippen molar-refractivity contribution in [2.24, 2.45) is 5.92 Å². The number of carbonyl (C=O) groups is 1. The first-order valence-electron chi connectivity index (χ1n) is 10.7. The summed E-state index contributed by atoms with van der Waals surface area (Å²) in [5, 5.41) is 0. The topological polar surface area (TPSA) is 26.3 Å². The Balaban J connectivity index is 1.74. The standard InChI is InChI=1S/C24H37FO2/c1-17(10-7-6-8-13-23(26)27-24(3,4)5)18(2)20-14-15-22(25)21(16-20)19-11-9-12-19/h14-19H,6-13H2,1-5H3. The Hall–Kier alpha value is -1.38. The molecule has 0 bridgehead atoms. The molecule has 0 radical (unpaired) electrons. The highest BCUT2D eigenvalue weighted by Gasteiger charge is 2.24. The maximum absolute atomic E-state index is 14.1. The Labute approximate surface area is 164 Å². The molecule has 1 aliphatic carbocycles. The lowest BCUT2D eigenvalue weighted by Gasteiger charge is -2.28. The Morgan fingerprint density at radius 2 is 1.89 bits per heavy atom. The number of benzene rings is 1. The first-order valence-corrected chi connectivity index (χ1v) is 10.7. The molecule has 1 aliphatic rings. The van der Waals surface area contributed by atoms with Gasteiger partial charge in [0.25, 0.3) is 0 Å². The summed E-state index contributed by atoms with van der Waals surface area (Å²) < 4.78 is 19.5. The molecule has 0 spiro atoms. The molecule has 1 fully saturated rings. The lowest BCUT2D eigenvalue weighted by Crippen LogP contribution is -2.23. The van der Waals surface area contributed by atoms with Gasteiger partial charge in [-0.05, 0) is 75.0 Å². The molecule has 0 N–H and O–H groups in total. The average molecular weight is 377 g/mol. The van der Waals surface area contributed by atoms with Crippen LogP contribution >= 0.6 is 0 Å². The zero-order chi connectivity index (χ0) is 20.0. The summed E-state index contributed by atoms with van der Waals surface area (Å²) >= 11 is 0. The number of carbonyl (C=O) groups excluding carboxylic acids is 1. The third-order valence-corrected chi connectivity index (χ3v) is 5.90. The van der Waals surface area contributed by atoms with E-state index in [0.717, 1.165) is 44.1 Å². The Kier molecular flexibility index (Phi) is 7.88. The van der Waals surface area contributed by atoms with Crippen LogP contribution in [0.5, 0.6) is 0 Å². The zero-order valence-corrected chi connectivity index (χ0v) is 17.8. The fourth-order valence-corrected chi connectivity index (χ4v) is 3.76. The number of ether oxygens (including phenoxy) is 1. The molecular formula is C24H37FO2. The maximum Gasteiger partial charge on any atom is 0.306 e. The van der Waals surface area contributed by atoms with Gasteiger partial charge < -0.3 is 4.74 Å². The van der Waals surface area contributed by atoms with Crippen LogP contribution in [0.15, 0.2) is 18.2 Å². The molecule has 2 atom stereocenters. The summed E-state index contributed by atoms with van der Waals surface area (Å²) in [5.41, 5.74) is 1.80. The van der Waals surface area contributed by atoms with Crippen molar-refractivity contribution in [1.29, 1.82) is 0 Å². The molecular weight excluding hydrogens is 339 g/mol. The van der Waals surface area contributed by atoms with E-state index in [1.807, 2.05) is 26.8 Å². The second-order valence-electron chi connectivity index (χ2n) is 9.36. The maximum atomic E-state index is 14.1. The molecule has 27 heavy (non-hydrogen) atoms. The second-order valence-corrected chi connectivity index (χ2v) is 9.36. The largest absolute Gasteiger partial charge is 0.460 e. The van der Waals surface area contributed by atoms with Crippen LogP contribution in [0.4, 0.5) is 4.39 Å². The third-order valence-electron chi connectivity index (χ3n) is 5.90. The van der Waals surface area contributed by atoms with E-state index in [4.69, 9.17) is 4.74 Å². The second kappa shape index (κ2) is 9.71. The molecule has 0 aromatic heterocycles. The van der Waals surface area contributed by atoms with E-state index in [9.17, 15) is 9.18 Å². The van der Waals surface area contributed by atoms with Gasteiger partial charge in [0.2, 0.25) is 0 Å². The first-order chi connectivity index (χ1) is 12.7. The average Bonchev–Trinajstić information content (AvgIpc) is 2.52. The predicted octanol–water partition coefficient (Wildman–Crippen LogP) is 7.13. The van der Waals surface area contributed by atoms with E-state index in [1.165, 1.54) is 12.0 Å². The quantitative estimate of drug-likeness (QED) is 0.338. The van der Waals surface area contributed by atoms with Gasteiger partial charge in [-0.25, -0.2) is 4.39 Å². The van der Waals surface area contributed by atoms with Crippen molar-refractivity contribution in [2.75, 3.05) is 0 Å². The molecule has 0 amide bonds. The van der Waals surface area contributed by atoms with E-state index < -0.39 is 5.60 Å². The van der Waals surface area contributed by atoms with Gasteiger partial charge >= 0.3 is 5.97 Å². The SMILES string of the molecule is CC(CCCCCC(=O)OC(C)(C)C)C(C)c1ccc(F)c(C2CCC2)c1. The fraction of sp³-hybridized carbons (Fsp3) is 0.708. The molecule has 152 valence electrons. The van der Waals surface area contributed by atoms with Crippen LogP contribution in [0, 0.1) is 11.7 Å². The highest BCUT2D eigenvalue weighted by molar-refractivity contribution is 5.69. The summed E-state index contributed by atoms with van der Waals surface area (Å²) in [4.78, 5) is 11.7. The molecule has 1 aromatic rings. The van der Waals surface area contributed by atoms with Gasteiger partial charge in [-0.1, -0.05) is 51.7 Å². The monoisotopic (exact) mass is 376 g/mol. The van der Waals surface area contributed by atoms with Crippen LogP contribution in [0.1, 0.15) is 109 Å². The summed E-state index contributed by atoms with van der Waals surface area (Å²) in [5.74, 6) is 1.27. The lowest BCUT2D eigenvalue weighted by atomic mass is 9.77. The van der Waals surface area contributed by atoms with Crippen LogP contribution in [-0.2, 0) is 9.53 Å². The summed E-state index contributed by atoms with van der Waals surface area (Å²) in [6, 6.07) is 5.73. The minimum Gasteiger partial charge on any atom is -0.460 e. The van der Waals surface area contributed by atoms with E-state index in [1.54, 1.807) is 6.07 Å². The van der Waals surface area contributed by atoms with Crippen molar-refractivity contribution >= 4 is 5.97 Å². The molecule has 1 aromatic carbocycles. The minimum absolute atomic E-state index is 0.0366. The van der Waals surface area contributed by atoms with Crippen LogP contribution in [0.25, 0.3) is 0 Å². The molecule has 0 saturated heterocycles. The zero-order valence-electron chi connectivity index (χ0n) is 17.8. The first kappa shape index (κ1) is 21.9. The molecule has 0 aliphatic heterocycles. The van der Waals surface area contributed by atoms with Gasteiger partial charge in [0.05, 0.1) is 0 Å². The van der Waals surface area contributed by atoms with Crippen molar-refractivity contribution in [3.05, 3.63) is 35.1 Å². The van der Waals surface area contributed by atoms with Crippen molar-refractivity contribution < 1.29 is 13.9 Å². The lowest BCUT2D eigenvalue weighted by molar-refractivity contribution is -0.154. The number of hydrogen-bond acceptors (Lipinski definition) is 2. The van der Waals surface area contributed by atoms with Gasteiger partial charge in [0, 0.05) is 6.42 Å². The van der Waals surface area contributed by atoms with Gasteiger partial charge in [-0.15, -0.1) is 0 Å². The molecule has 1 saturated carbocycles. The van der Waals surface area contributed by atoms with Gasteiger partial charge in [0.1, 0.15) is 11.4 Å². The number of rotatable bonds is 9. The predicted molar refractivity (Wildman–Crippen MR) is 110 cm³/mol. The normalized spacial score (nSPS) is 17.3. The highest BCUT2D eigenvalue weighted by Crippen LogP contribution is 2.39. The van der Waals surface area contributed by atoms with E-state index in [-0.39, 0.29) is 11.8 Å². The number of hydrogen-bond donors (Lipinski definition) is 0. The Morgan fingerprint density at radius 1 is 1.19 bits per heavy atom. The van der Waals surface area contributed by atoms with Gasteiger partial charge in [-0.3, -0.25) is 4.79 Å².